The Morgan fingerprint density at radius 2 is 2.26 bits per heavy atom. The summed E-state index contributed by atoms with van der Waals surface area (Å²) >= 11 is 3.30. The standard InChI is InChI=1S/C14H18BrNO3/c1-11(13-5-6-14(15)19-13)16-7-3-8-17-10-12-4-2-9-18-12/h2,4-6,9,11,16H,3,7-8,10H2,1H3. The molecule has 0 radical (unpaired) electrons. The van der Waals surface area contributed by atoms with Crippen LogP contribution in [-0.2, 0) is 11.3 Å². The predicted octanol–water partition coefficient (Wildman–Crippen LogP) is 3.89. The molecule has 0 saturated carbocycles. The molecule has 4 nitrogen and oxygen atoms in total. The third kappa shape index (κ3) is 4.86. The van der Waals surface area contributed by atoms with Crippen LogP contribution in [0.1, 0.15) is 30.9 Å². The van der Waals surface area contributed by atoms with Crippen molar-refractivity contribution in [1.82, 2.24) is 5.32 Å². The number of furan rings is 2. The first-order valence-electron chi connectivity index (χ1n) is 6.34. The third-order valence-corrected chi connectivity index (χ3v) is 3.19. The molecule has 2 rings (SSSR count). The van der Waals surface area contributed by atoms with E-state index in [4.69, 9.17) is 13.6 Å². The summed E-state index contributed by atoms with van der Waals surface area (Å²) in [4.78, 5) is 0. The Labute approximate surface area is 121 Å². The Kier molecular flexibility index (Phi) is 5.69. The fraction of sp³-hybridized carbons (Fsp3) is 0.429. The number of halogens is 1. The van der Waals surface area contributed by atoms with Crippen LogP contribution >= 0.6 is 15.9 Å². The molecule has 0 spiro atoms. The SMILES string of the molecule is CC(NCCCOCc1ccco1)c1ccc(Br)o1. The lowest BCUT2D eigenvalue weighted by molar-refractivity contribution is 0.103. The van der Waals surface area contributed by atoms with Crippen LogP contribution in [0, 0.1) is 0 Å². The van der Waals surface area contributed by atoms with Crippen molar-refractivity contribution in [1.29, 1.82) is 0 Å². The molecule has 2 aromatic heterocycles. The summed E-state index contributed by atoms with van der Waals surface area (Å²) in [5.41, 5.74) is 0. The maximum Gasteiger partial charge on any atom is 0.169 e. The molecule has 0 bridgehead atoms. The zero-order chi connectivity index (χ0) is 13.5. The van der Waals surface area contributed by atoms with Gasteiger partial charge in [0.2, 0.25) is 0 Å². The molecule has 0 aromatic carbocycles. The highest BCUT2D eigenvalue weighted by molar-refractivity contribution is 9.10. The largest absolute Gasteiger partial charge is 0.467 e. The van der Waals surface area contributed by atoms with E-state index in [9.17, 15) is 0 Å². The van der Waals surface area contributed by atoms with Crippen LogP contribution in [0.25, 0.3) is 0 Å². The third-order valence-electron chi connectivity index (χ3n) is 2.76. The lowest BCUT2D eigenvalue weighted by Gasteiger charge is -2.11. The van der Waals surface area contributed by atoms with Gasteiger partial charge in [0.1, 0.15) is 18.1 Å². The van der Waals surface area contributed by atoms with Gasteiger partial charge in [0.25, 0.3) is 0 Å². The Morgan fingerprint density at radius 1 is 1.37 bits per heavy atom. The van der Waals surface area contributed by atoms with Crippen molar-refractivity contribution < 1.29 is 13.6 Å². The van der Waals surface area contributed by atoms with Crippen LogP contribution in [-0.4, -0.2) is 13.2 Å². The zero-order valence-electron chi connectivity index (χ0n) is 10.9. The van der Waals surface area contributed by atoms with Gasteiger partial charge >= 0.3 is 0 Å². The average molecular weight is 328 g/mol. The van der Waals surface area contributed by atoms with Gasteiger partial charge in [-0.05, 0) is 60.1 Å². The number of hydrogen-bond donors (Lipinski definition) is 1. The smallest absolute Gasteiger partial charge is 0.169 e. The zero-order valence-corrected chi connectivity index (χ0v) is 12.5. The summed E-state index contributed by atoms with van der Waals surface area (Å²) < 4.78 is 16.9. The van der Waals surface area contributed by atoms with Gasteiger partial charge < -0.3 is 18.9 Å². The number of hydrogen-bond acceptors (Lipinski definition) is 4. The van der Waals surface area contributed by atoms with Crippen LogP contribution in [0.5, 0.6) is 0 Å². The van der Waals surface area contributed by atoms with Gasteiger partial charge in [-0.25, -0.2) is 0 Å². The number of nitrogens with one attached hydrogen (secondary N) is 1. The van der Waals surface area contributed by atoms with Crippen molar-refractivity contribution >= 4 is 15.9 Å². The van der Waals surface area contributed by atoms with Gasteiger partial charge in [-0.1, -0.05) is 0 Å². The normalized spacial score (nSPS) is 12.7. The highest BCUT2D eigenvalue weighted by atomic mass is 79.9. The summed E-state index contributed by atoms with van der Waals surface area (Å²) in [5, 5.41) is 3.39. The molecule has 1 atom stereocenters. The Morgan fingerprint density at radius 3 is 2.95 bits per heavy atom. The maximum absolute atomic E-state index is 5.50. The average Bonchev–Trinajstić information content (AvgIpc) is 3.04. The Bertz CT molecular complexity index is 467. The van der Waals surface area contributed by atoms with Crippen LogP contribution in [0.2, 0.25) is 0 Å². The minimum atomic E-state index is 0.205. The molecule has 0 fully saturated rings. The van der Waals surface area contributed by atoms with E-state index in [1.165, 1.54) is 0 Å². The molecule has 0 saturated heterocycles. The molecule has 5 heteroatoms. The molecule has 2 aromatic rings. The molecule has 0 aliphatic carbocycles. The van der Waals surface area contributed by atoms with Gasteiger partial charge in [0, 0.05) is 6.61 Å². The fourth-order valence-corrected chi connectivity index (χ4v) is 2.04. The summed E-state index contributed by atoms with van der Waals surface area (Å²) in [5.74, 6) is 1.80. The first-order chi connectivity index (χ1) is 9.25. The second kappa shape index (κ2) is 7.53. The molecule has 1 N–H and O–H groups in total. The first-order valence-corrected chi connectivity index (χ1v) is 7.14. The van der Waals surface area contributed by atoms with Crippen LogP contribution in [0.4, 0.5) is 0 Å². The Balaban J connectivity index is 1.54. The Hall–Kier alpha value is -1.04. The van der Waals surface area contributed by atoms with Crippen molar-refractivity contribution in [3.8, 4) is 0 Å². The van der Waals surface area contributed by atoms with Gasteiger partial charge in [-0.2, -0.15) is 0 Å². The molecule has 2 heterocycles. The maximum atomic E-state index is 5.50. The molecular formula is C14H18BrNO3. The summed E-state index contributed by atoms with van der Waals surface area (Å²) in [6.45, 7) is 4.21. The summed E-state index contributed by atoms with van der Waals surface area (Å²) in [6.07, 6.45) is 2.61. The number of rotatable bonds is 8. The second-order valence-corrected chi connectivity index (χ2v) is 5.08. The van der Waals surface area contributed by atoms with E-state index in [2.05, 4.69) is 28.2 Å². The highest BCUT2D eigenvalue weighted by Gasteiger charge is 2.08. The first kappa shape index (κ1) is 14.4. The van der Waals surface area contributed by atoms with Crippen LogP contribution < -0.4 is 5.32 Å². The van der Waals surface area contributed by atoms with Gasteiger partial charge in [-0.3, -0.25) is 0 Å². The minimum Gasteiger partial charge on any atom is -0.467 e. The molecule has 0 aliphatic rings. The van der Waals surface area contributed by atoms with Crippen molar-refractivity contribution in [3.63, 3.8) is 0 Å². The van der Waals surface area contributed by atoms with Crippen molar-refractivity contribution in [2.75, 3.05) is 13.2 Å². The van der Waals surface area contributed by atoms with Gasteiger partial charge in [0.05, 0.1) is 12.3 Å². The lowest BCUT2D eigenvalue weighted by Crippen LogP contribution is -2.20. The summed E-state index contributed by atoms with van der Waals surface area (Å²) in [6, 6.07) is 7.85. The quantitative estimate of drug-likeness (QED) is 0.747. The number of ether oxygens (including phenoxy) is 1. The molecular weight excluding hydrogens is 310 g/mol. The van der Waals surface area contributed by atoms with Crippen LogP contribution in [0.15, 0.2) is 44.0 Å². The van der Waals surface area contributed by atoms with Gasteiger partial charge in [-0.15, -0.1) is 0 Å². The molecule has 1 unspecified atom stereocenters. The second-order valence-electron chi connectivity index (χ2n) is 4.30. The van der Waals surface area contributed by atoms with Crippen molar-refractivity contribution in [2.45, 2.75) is 26.0 Å². The van der Waals surface area contributed by atoms with Crippen molar-refractivity contribution in [3.05, 3.63) is 46.7 Å². The van der Waals surface area contributed by atoms with E-state index in [1.54, 1.807) is 6.26 Å². The topological polar surface area (TPSA) is 47.5 Å². The molecule has 19 heavy (non-hydrogen) atoms. The molecule has 0 amide bonds. The highest BCUT2D eigenvalue weighted by Crippen LogP contribution is 2.19. The van der Waals surface area contributed by atoms with Crippen LogP contribution in [0.3, 0.4) is 0 Å². The minimum absolute atomic E-state index is 0.205. The predicted molar refractivity (Wildman–Crippen MR) is 75.8 cm³/mol. The van der Waals surface area contributed by atoms with Gasteiger partial charge in [0.15, 0.2) is 4.67 Å². The van der Waals surface area contributed by atoms with E-state index < -0.39 is 0 Å². The monoisotopic (exact) mass is 327 g/mol. The molecule has 104 valence electrons. The van der Waals surface area contributed by atoms with Crippen molar-refractivity contribution in [2.24, 2.45) is 0 Å². The lowest BCUT2D eigenvalue weighted by atomic mass is 10.2. The summed E-state index contributed by atoms with van der Waals surface area (Å²) in [7, 11) is 0. The van der Waals surface area contributed by atoms with E-state index in [0.29, 0.717) is 13.2 Å². The van der Waals surface area contributed by atoms with E-state index in [-0.39, 0.29) is 6.04 Å². The molecule has 0 aliphatic heterocycles. The van der Waals surface area contributed by atoms with E-state index >= 15 is 0 Å². The van der Waals surface area contributed by atoms with E-state index in [0.717, 1.165) is 29.2 Å². The van der Waals surface area contributed by atoms with E-state index in [1.807, 2.05) is 24.3 Å². The fourth-order valence-electron chi connectivity index (χ4n) is 1.72.